The van der Waals surface area contributed by atoms with Gasteiger partial charge in [0.15, 0.2) is 11.5 Å². The lowest BCUT2D eigenvalue weighted by Gasteiger charge is -2.18. The van der Waals surface area contributed by atoms with Crippen LogP contribution in [0.4, 0.5) is 0 Å². The van der Waals surface area contributed by atoms with Crippen molar-refractivity contribution in [2.24, 2.45) is 4.99 Å². The molecule has 2 rings (SSSR count). The van der Waals surface area contributed by atoms with Crippen LogP contribution in [0.15, 0.2) is 23.2 Å². The van der Waals surface area contributed by atoms with Gasteiger partial charge in [0.05, 0.1) is 12.6 Å². The third kappa shape index (κ3) is 6.71. The third-order valence-electron chi connectivity index (χ3n) is 4.63. The molecule has 7 heteroatoms. The van der Waals surface area contributed by atoms with Gasteiger partial charge in [0.2, 0.25) is 6.79 Å². The number of hydrogen-bond acceptors (Lipinski definition) is 6. The van der Waals surface area contributed by atoms with Crippen molar-refractivity contribution in [2.75, 3.05) is 33.0 Å². The first-order valence-electron chi connectivity index (χ1n) is 10.2. The summed E-state index contributed by atoms with van der Waals surface area (Å²) in [6, 6.07) is 5.45. The van der Waals surface area contributed by atoms with E-state index in [4.69, 9.17) is 14.2 Å². The Morgan fingerprint density at radius 2 is 2.00 bits per heavy atom. The molecule has 1 N–H and O–H groups in total. The van der Waals surface area contributed by atoms with E-state index in [-0.39, 0.29) is 24.8 Å². The number of hydrogen-bond donors (Lipinski definition) is 1. The Balaban J connectivity index is 1.95. The number of nitrogens with zero attached hydrogens (tertiary/aromatic N) is 2. The highest BCUT2D eigenvalue weighted by atomic mass is 16.7. The molecule has 1 unspecified atom stereocenters. The second-order valence-electron chi connectivity index (χ2n) is 6.82. The Bertz CT molecular complexity index is 659. The normalized spacial score (nSPS) is 14.2. The quantitative estimate of drug-likeness (QED) is 0.489. The van der Waals surface area contributed by atoms with Crippen molar-refractivity contribution in [1.29, 1.82) is 0 Å². The molecule has 0 aliphatic carbocycles. The largest absolute Gasteiger partial charge is 0.465 e. The zero-order chi connectivity index (χ0) is 20.4. The second kappa shape index (κ2) is 11.5. The number of rotatable bonds is 10. The molecule has 28 heavy (non-hydrogen) atoms. The van der Waals surface area contributed by atoms with Gasteiger partial charge in [0, 0.05) is 5.56 Å². The van der Waals surface area contributed by atoms with Crippen LogP contribution in [0.5, 0.6) is 11.5 Å². The summed E-state index contributed by atoms with van der Waals surface area (Å²) in [5.41, 5.74) is 0.478. The summed E-state index contributed by atoms with van der Waals surface area (Å²) in [5.74, 6) is 0.948. The first-order valence-corrected chi connectivity index (χ1v) is 10.2. The highest BCUT2D eigenvalue weighted by Gasteiger charge is 2.18. The minimum Gasteiger partial charge on any atom is -0.465 e. The summed E-state index contributed by atoms with van der Waals surface area (Å²) in [7, 11) is 0. The van der Waals surface area contributed by atoms with Gasteiger partial charge in [-0.15, -0.1) is 0 Å². The number of amidine groups is 1. The predicted molar refractivity (Wildman–Crippen MR) is 110 cm³/mol. The van der Waals surface area contributed by atoms with E-state index >= 15 is 0 Å². The van der Waals surface area contributed by atoms with E-state index in [0.29, 0.717) is 23.7 Å². The monoisotopic (exact) mass is 391 g/mol. The van der Waals surface area contributed by atoms with Crippen LogP contribution in [0.3, 0.4) is 0 Å². The molecule has 1 amide bonds. The molecule has 156 valence electrons. The van der Waals surface area contributed by atoms with Crippen LogP contribution in [0, 0.1) is 0 Å². The van der Waals surface area contributed by atoms with E-state index in [0.717, 1.165) is 38.9 Å². The molecule has 0 saturated carbocycles. The fourth-order valence-electron chi connectivity index (χ4n) is 2.93. The standard InChI is InChI=1S/C21H33N3O4/c1-5-13-26-21(22-16(4)9-8-12-24(6-2)7-3)23-20(25)17-10-11-18-19(14-17)28-15-27-18/h10-11,14,16H,5-9,12-13,15H2,1-4H3,(H,22,23,25). The van der Waals surface area contributed by atoms with Gasteiger partial charge in [0.1, 0.15) is 0 Å². The zero-order valence-corrected chi connectivity index (χ0v) is 17.5. The van der Waals surface area contributed by atoms with Gasteiger partial charge in [-0.05, 0) is 64.0 Å². The topological polar surface area (TPSA) is 72.4 Å². The van der Waals surface area contributed by atoms with Gasteiger partial charge in [0.25, 0.3) is 11.9 Å². The summed E-state index contributed by atoms with van der Waals surface area (Å²) in [6.45, 7) is 12.3. The lowest BCUT2D eigenvalue weighted by molar-refractivity contribution is 0.0964. The van der Waals surface area contributed by atoms with Gasteiger partial charge in [-0.2, -0.15) is 0 Å². The van der Waals surface area contributed by atoms with Crippen molar-refractivity contribution in [3.05, 3.63) is 23.8 Å². The van der Waals surface area contributed by atoms with Crippen molar-refractivity contribution >= 4 is 11.9 Å². The molecule has 1 atom stereocenters. The molecular formula is C21H33N3O4. The van der Waals surface area contributed by atoms with Crippen LogP contribution in [0.1, 0.15) is 57.3 Å². The van der Waals surface area contributed by atoms with E-state index in [1.807, 2.05) is 13.8 Å². The Morgan fingerprint density at radius 3 is 2.71 bits per heavy atom. The molecule has 0 radical (unpaired) electrons. The highest BCUT2D eigenvalue weighted by Crippen LogP contribution is 2.32. The fourth-order valence-corrected chi connectivity index (χ4v) is 2.93. The average molecular weight is 392 g/mol. The van der Waals surface area contributed by atoms with Crippen molar-refractivity contribution in [2.45, 2.75) is 53.0 Å². The van der Waals surface area contributed by atoms with Gasteiger partial charge in [-0.1, -0.05) is 20.8 Å². The van der Waals surface area contributed by atoms with Crippen molar-refractivity contribution in [3.63, 3.8) is 0 Å². The van der Waals surface area contributed by atoms with E-state index in [2.05, 4.69) is 29.1 Å². The SMILES string of the molecule is CCCOC(=NC(C)CCCN(CC)CC)NC(=O)c1ccc2c(c1)OCO2. The number of nitrogens with one attached hydrogen (secondary N) is 1. The van der Waals surface area contributed by atoms with Crippen LogP contribution < -0.4 is 14.8 Å². The molecule has 1 aliphatic heterocycles. The second-order valence-corrected chi connectivity index (χ2v) is 6.82. The van der Waals surface area contributed by atoms with Crippen molar-refractivity contribution < 1.29 is 19.0 Å². The number of carbonyl (C=O) groups excluding carboxylic acids is 1. The Hall–Kier alpha value is -2.28. The lowest BCUT2D eigenvalue weighted by atomic mass is 10.2. The summed E-state index contributed by atoms with van der Waals surface area (Å²) in [4.78, 5) is 19.6. The number of fused-ring (bicyclic) bond motifs is 1. The maximum atomic E-state index is 12.6. The average Bonchev–Trinajstić information content (AvgIpc) is 3.17. The van der Waals surface area contributed by atoms with Crippen LogP contribution in [-0.4, -0.2) is 55.9 Å². The molecule has 0 aromatic heterocycles. The molecular weight excluding hydrogens is 358 g/mol. The molecule has 1 aromatic carbocycles. The van der Waals surface area contributed by atoms with Gasteiger partial charge in [-0.3, -0.25) is 10.1 Å². The summed E-state index contributed by atoms with van der Waals surface area (Å²) in [5, 5.41) is 2.79. The van der Waals surface area contributed by atoms with E-state index in [9.17, 15) is 4.79 Å². The summed E-state index contributed by atoms with van der Waals surface area (Å²) < 4.78 is 16.3. The smallest absolute Gasteiger partial charge is 0.291 e. The van der Waals surface area contributed by atoms with Crippen LogP contribution in [0.25, 0.3) is 0 Å². The van der Waals surface area contributed by atoms with E-state index in [1.165, 1.54) is 0 Å². The van der Waals surface area contributed by atoms with Crippen LogP contribution >= 0.6 is 0 Å². The van der Waals surface area contributed by atoms with Gasteiger partial charge >= 0.3 is 0 Å². The number of aliphatic imine (C=N–C) groups is 1. The Morgan fingerprint density at radius 1 is 1.25 bits per heavy atom. The fraction of sp³-hybridized carbons (Fsp3) is 0.619. The third-order valence-corrected chi connectivity index (χ3v) is 4.63. The maximum Gasteiger partial charge on any atom is 0.291 e. The number of amides is 1. The maximum absolute atomic E-state index is 12.6. The molecule has 0 saturated heterocycles. The van der Waals surface area contributed by atoms with E-state index in [1.54, 1.807) is 18.2 Å². The number of ether oxygens (including phenoxy) is 3. The minimum absolute atomic E-state index is 0.0690. The summed E-state index contributed by atoms with van der Waals surface area (Å²) >= 11 is 0. The van der Waals surface area contributed by atoms with Crippen molar-refractivity contribution in [1.82, 2.24) is 10.2 Å². The molecule has 1 aliphatic rings. The highest BCUT2D eigenvalue weighted by molar-refractivity contribution is 6.04. The number of carbonyl (C=O) groups is 1. The van der Waals surface area contributed by atoms with Crippen molar-refractivity contribution in [3.8, 4) is 11.5 Å². The zero-order valence-electron chi connectivity index (χ0n) is 17.5. The first kappa shape index (κ1) is 22.0. The Kier molecular flexibility index (Phi) is 9.07. The first-order chi connectivity index (χ1) is 13.6. The van der Waals surface area contributed by atoms with Crippen LogP contribution in [-0.2, 0) is 4.74 Å². The van der Waals surface area contributed by atoms with Gasteiger partial charge in [-0.25, -0.2) is 4.99 Å². The molecule has 7 nitrogen and oxygen atoms in total. The van der Waals surface area contributed by atoms with E-state index < -0.39 is 0 Å². The molecule has 0 fully saturated rings. The predicted octanol–water partition coefficient (Wildman–Crippen LogP) is 3.44. The molecule has 1 aromatic rings. The van der Waals surface area contributed by atoms with Crippen LogP contribution in [0.2, 0.25) is 0 Å². The molecule has 0 spiro atoms. The lowest BCUT2D eigenvalue weighted by Crippen LogP contribution is -2.34. The molecule has 0 bridgehead atoms. The summed E-state index contributed by atoms with van der Waals surface area (Å²) in [6.07, 6.45) is 2.84. The minimum atomic E-state index is -0.275. The molecule has 1 heterocycles. The van der Waals surface area contributed by atoms with Gasteiger partial charge < -0.3 is 19.1 Å². The Labute approximate surface area is 168 Å². The number of benzene rings is 1.